The second-order valence-electron chi connectivity index (χ2n) is 14.4. The lowest BCUT2D eigenvalue weighted by Crippen LogP contribution is -2.11. The van der Waals surface area contributed by atoms with Gasteiger partial charge in [0.15, 0.2) is 0 Å². The molecule has 8 aromatic rings. The van der Waals surface area contributed by atoms with Crippen molar-refractivity contribution in [3.63, 3.8) is 0 Å². The Hall–Kier alpha value is -7.68. The molecule has 0 aliphatic rings. The number of fused-ring (bicyclic) bond motifs is 2. The fourth-order valence-corrected chi connectivity index (χ4v) is 7.66. The Kier molecular flexibility index (Phi) is 11.4. The predicted molar refractivity (Wildman–Crippen MR) is 258 cm³/mol. The Balaban J connectivity index is 1.33. The molecule has 0 bridgehead atoms. The summed E-state index contributed by atoms with van der Waals surface area (Å²) >= 11 is 0. The maximum absolute atomic E-state index is 4.50. The fourth-order valence-electron chi connectivity index (χ4n) is 7.66. The van der Waals surface area contributed by atoms with Gasteiger partial charge in [0.1, 0.15) is 0 Å². The van der Waals surface area contributed by atoms with Gasteiger partial charge in [-0.1, -0.05) is 190 Å². The summed E-state index contributed by atoms with van der Waals surface area (Å²) in [6.07, 6.45) is 13.8. The summed E-state index contributed by atoms with van der Waals surface area (Å²) in [5.41, 5.74) is 13.7. The van der Waals surface area contributed by atoms with Crippen molar-refractivity contribution in [2.45, 2.75) is 6.92 Å². The molecule has 0 aliphatic heterocycles. The van der Waals surface area contributed by atoms with E-state index in [2.05, 4.69) is 212 Å². The first-order valence-corrected chi connectivity index (χ1v) is 20.0. The molecule has 2 nitrogen and oxygen atoms in total. The summed E-state index contributed by atoms with van der Waals surface area (Å²) in [4.78, 5) is 2.35. The van der Waals surface area contributed by atoms with E-state index in [1.807, 2.05) is 43.4 Å². The van der Waals surface area contributed by atoms with Gasteiger partial charge in [-0.2, -0.15) is 0 Å². The van der Waals surface area contributed by atoms with Gasteiger partial charge in [-0.05, 0) is 111 Å². The molecule has 0 aromatic heterocycles. The van der Waals surface area contributed by atoms with Crippen LogP contribution in [0.5, 0.6) is 0 Å². The van der Waals surface area contributed by atoms with E-state index in [9.17, 15) is 0 Å². The minimum Gasteiger partial charge on any atom is -0.354 e. The lowest BCUT2D eigenvalue weighted by atomic mass is 9.97. The van der Waals surface area contributed by atoms with Gasteiger partial charge in [-0.3, -0.25) is 0 Å². The van der Waals surface area contributed by atoms with Crippen LogP contribution in [0.2, 0.25) is 0 Å². The summed E-state index contributed by atoms with van der Waals surface area (Å²) in [7, 11) is 0. The zero-order chi connectivity index (χ0) is 40.6. The molecule has 0 saturated carbocycles. The smallest absolute Gasteiger partial charge is 0.0543 e. The van der Waals surface area contributed by atoms with Crippen LogP contribution in [0.1, 0.15) is 18.1 Å². The Morgan fingerprint density at radius 1 is 0.542 bits per heavy atom. The number of nitrogens with zero attached hydrogens (tertiary/aromatic N) is 1. The molecular weight excluding hydrogens is 713 g/mol. The van der Waals surface area contributed by atoms with Crippen molar-refractivity contribution in [1.29, 1.82) is 0 Å². The zero-order valence-electron chi connectivity index (χ0n) is 33.4. The molecule has 0 aliphatic carbocycles. The molecule has 8 rings (SSSR count). The van der Waals surface area contributed by atoms with Gasteiger partial charge in [-0.15, -0.1) is 0 Å². The topological polar surface area (TPSA) is 15.3 Å². The molecule has 0 fully saturated rings. The first-order chi connectivity index (χ1) is 29.0. The van der Waals surface area contributed by atoms with Crippen LogP contribution in [0.25, 0.3) is 54.9 Å². The average molecular weight is 759 g/mol. The van der Waals surface area contributed by atoms with Crippen molar-refractivity contribution in [2.75, 3.05) is 10.2 Å². The van der Waals surface area contributed by atoms with E-state index in [1.54, 1.807) is 0 Å². The summed E-state index contributed by atoms with van der Waals surface area (Å²) in [6.45, 7) is 14.6. The highest BCUT2D eigenvalue weighted by molar-refractivity contribution is 6.03. The Morgan fingerprint density at radius 2 is 1.24 bits per heavy atom. The highest BCUT2D eigenvalue weighted by Gasteiger charge is 2.18. The first-order valence-electron chi connectivity index (χ1n) is 20.0. The second-order valence-corrected chi connectivity index (χ2v) is 14.4. The van der Waals surface area contributed by atoms with E-state index < -0.39 is 0 Å². The maximum atomic E-state index is 4.50. The molecule has 284 valence electrons. The van der Waals surface area contributed by atoms with E-state index >= 15 is 0 Å². The molecule has 0 radical (unpaired) electrons. The summed E-state index contributed by atoms with van der Waals surface area (Å²) in [5, 5.41) is 8.54. The lowest BCUT2D eigenvalue weighted by Gasteiger charge is -2.28. The quantitative estimate of drug-likeness (QED) is 0.118. The van der Waals surface area contributed by atoms with Crippen molar-refractivity contribution in [1.82, 2.24) is 0 Å². The second kappa shape index (κ2) is 17.6. The molecular formula is C57H46N2. The third-order valence-electron chi connectivity index (χ3n) is 10.6. The molecule has 0 spiro atoms. The van der Waals surface area contributed by atoms with Gasteiger partial charge in [-0.25, -0.2) is 0 Å². The number of hydrogen-bond acceptors (Lipinski definition) is 2. The van der Waals surface area contributed by atoms with E-state index in [0.29, 0.717) is 0 Å². The third-order valence-corrected chi connectivity index (χ3v) is 10.6. The standard InChI is InChI=1S/C57H46N2/c1-5-8-11-20-41(4)55-34-32-45-25-16-17-28-56(45)57(55)58-51-36-50(44-23-14-10-15-24-44)39-54(40-51)59(52-27-18-26-46(37-52)42(7-3)19-6-2)53-33-31-48-35-47(29-30-49(48)38-53)43-21-12-9-13-22-43/h5-40,58H,2-4H2,1H3/b8-5-,20-11-,42-19+. The molecule has 1 N–H and O–H groups in total. The molecule has 0 unspecified atom stereocenters. The van der Waals surface area contributed by atoms with Gasteiger partial charge in [0.2, 0.25) is 0 Å². The van der Waals surface area contributed by atoms with Crippen LogP contribution >= 0.6 is 0 Å². The number of allylic oxidation sites excluding steroid dienone is 9. The molecule has 0 atom stereocenters. The zero-order valence-corrected chi connectivity index (χ0v) is 33.4. The van der Waals surface area contributed by atoms with E-state index in [4.69, 9.17) is 0 Å². The molecule has 59 heavy (non-hydrogen) atoms. The van der Waals surface area contributed by atoms with Crippen LogP contribution < -0.4 is 10.2 Å². The number of hydrogen-bond donors (Lipinski definition) is 1. The highest BCUT2D eigenvalue weighted by Crippen LogP contribution is 2.43. The Labute approximate surface area is 348 Å². The van der Waals surface area contributed by atoms with Gasteiger partial charge in [0.05, 0.1) is 5.69 Å². The van der Waals surface area contributed by atoms with Crippen LogP contribution in [0, 0.1) is 0 Å². The summed E-state index contributed by atoms with van der Waals surface area (Å²) in [5.74, 6) is 0. The fraction of sp³-hybridized carbons (Fsp3) is 0.0175. The van der Waals surface area contributed by atoms with Crippen molar-refractivity contribution < 1.29 is 0 Å². The van der Waals surface area contributed by atoms with Crippen LogP contribution in [0.15, 0.2) is 238 Å². The predicted octanol–water partition coefficient (Wildman–Crippen LogP) is 16.4. The van der Waals surface area contributed by atoms with Crippen molar-refractivity contribution in [3.05, 3.63) is 249 Å². The highest BCUT2D eigenvalue weighted by atomic mass is 15.1. The van der Waals surface area contributed by atoms with Crippen molar-refractivity contribution in [3.8, 4) is 22.3 Å². The molecule has 8 aromatic carbocycles. The third kappa shape index (κ3) is 8.39. The Morgan fingerprint density at radius 3 is 2.00 bits per heavy atom. The number of anilines is 5. The normalized spacial score (nSPS) is 11.6. The number of nitrogens with one attached hydrogen (secondary N) is 1. The molecule has 0 amide bonds. The largest absolute Gasteiger partial charge is 0.354 e. The molecule has 0 heterocycles. The molecule has 2 heteroatoms. The van der Waals surface area contributed by atoms with Gasteiger partial charge in [0, 0.05) is 33.7 Å². The average Bonchev–Trinajstić information content (AvgIpc) is 3.29. The minimum absolute atomic E-state index is 0.923. The SMILES string of the molecule is C=C/C=C(\C=C)c1cccc(N(c2cc(Nc3c(C(=C)/C=C\C=C/C)ccc4ccccc34)cc(-c3ccccc3)c2)c2ccc3cc(-c4ccccc4)ccc3c2)c1. The maximum Gasteiger partial charge on any atom is 0.0543 e. The number of benzene rings is 8. The van der Waals surface area contributed by atoms with E-state index in [1.165, 1.54) is 16.5 Å². The first kappa shape index (κ1) is 38.2. The van der Waals surface area contributed by atoms with Crippen molar-refractivity contribution >= 4 is 61.1 Å². The molecule has 0 saturated heterocycles. The Bertz CT molecular complexity index is 2910. The van der Waals surface area contributed by atoms with Gasteiger partial charge in [0.25, 0.3) is 0 Å². The van der Waals surface area contributed by atoms with Crippen LogP contribution in [0.4, 0.5) is 28.4 Å². The van der Waals surface area contributed by atoms with Crippen LogP contribution in [-0.4, -0.2) is 0 Å². The van der Waals surface area contributed by atoms with Crippen LogP contribution in [-0.2, 0) is 0 Å². The lowest BCUT2D eigenvalue weighted by molar-refractivity contribution is 1.28. The van der Waals surface area contributed by atoms with Crippen LogP contribution in [0.3, 0.4) is 0 Å². The summed E-state index contributed by atoms with van der Waals surface area (Å²) in [6, 6.07) is 62.9. The van der Waals surface area contributed by atoms with E-state index in [0.717, 1.165) is 78.0 Å². The van der Waals surface area contributed by atoms with Gasteiger partial charge >= 0.3 is 0 Å². The minimum atomic E-state index is 0.923. The summed E-state index contributed by atoms with van der Waals surface area (Å²) < 4.78 is 0. The monoisotopic (exact) mass is 758 g/mol. The van der Waals surface area contributed by atoms with Crippen molar-refractivity contribution in [2.24, 2.45) is 0 Å². The number of rotatable bonds is 13. The van der Waals surface area contributed by atoms with Gasteiger partial charge < -0.3 is 10.2 Å². The van der Waals surface area contributed by atoms with E-state index in [-0.39, 0.29) is 0 Å².